The van der Waals surface area contributed by atoms with Gasteiger partial charge < -0.3 is 9.67 Å². The Labute approximate surface area is 204 Å². The van der Waals surface area contributed by atoms with Crippen LogP contribution in [0.3, 0.4) is 0 Å². The van der Waals surface area contributed by atoms with Crippen molar-refractivity contribution in [2.45, 2.75) is 63.0 Å². The van der Waals surface area contributed by atoms with Crippen molar-refractivity contribution >= 4 is 32.9 Å². The fourth-order valence-corrected chi connectivity index (χ4v) is 6.40. The van der Waals surface area contributed by atoms with Crippen molar-refractivity contribution < 1.29 is 17.7 Å². The van der Waals surface area contributed by atoms with Crippen LogP contribution in [0.2, 0.25) is 5.02 Å². The van der Waals surface area contributed by atoms with Gasteiger partial charge in [0.15, 0.2) is 0 Å². The van der Waals surface area contributed by atoms with Crippen molar-refractivity contribution in [1.82, 2.24) is 14.5 Å². The number of rotatable bonds is 6. The second-order valence-corrected chi connectivity index (χ2v) is 11.9. The second-order valence-electron chi connectivity index (χ2n) is 10.2. The summed E-state index contributed by atoms with van der Waals surface area (Å²) in [5, 5.41) is 17.2. The number of benzene rings is 1. The van der Waals surface area contributed by atoms with Gasteiger partial charge in [0.1, 0.15) is 12.0 Å². The van der Waals surface area contributed by atoms with Gasteiger partial charge in [0.2, 0.25) is 0 Å². The van der Waals surface area contributed by atoms with Gasteiger partial charge in [-0.25, -0.2) is 15.1 Å². The minimum Gasteiger partial charge on any atom is -0.393 e. The quantitative estimate of drug-likeness (QED) is 0.529. The number of nitrogens with two attached hydrogens (primary N) is 1. The topological polar surface area (TPSA) is 120 Å². The Kier molecular flexibility index (Phi) is 5.97. The van der Waals surface area contributed by atoms with E-state index >= 15 is 0 Å². The Morgan fingerprint density at radius 2 is 2.06 bits per heavy atom. The third-order valence-electron chi connectivity index (χ3n) is 7.44. The molecule has 34 heavy (non-hydrogen) atoms. The lowest BCUT2D eigenvalue weighted by Crippen LogP contribution is -2.24. The van der Waals surface area contributed by atoms with Gasteiger partial charge in [-0.15, -0.1) is 0 Å². The first-order chi connectivity index (χ1) is 16.0. The van der Waals surface area contributed by atoms with Gasteiger partial charge in [0.05, 0.1) is 18.4 Å². The first-order valence-corrected chi connectivity index (χ1v) is 13.3. The highest BCUT2D eigenvalue weighted by molar-refractivity contribution is 7.84. The summed E-state index contributed by atoms with van der Waals surface area (Å²) < 4.78 is 29.1. The Hall–Kier alpha value is -2.04. The van der Waals surface area contributed by atoms with E-state index in [0.29, 0.717) is 18.8 Å². The largest absolute Gasteiger partial charge is 0.393 e. The summed E-state index contributed by atoms with van der Waals surface area (Å²) in [5.74, 6) is 0.0305. The molecule has 2 aliphatic carbocycles. The third-order valence-corrected chi connectivity index (χ3v) is 8.14. The van der Waals surface area contributed by atoms with Crippen molar-refractivity contribution in [2.24, 2.45) is 11.1 Å². The highest BCUT2D eigenvalue weighted by Crippen LogP contribution is 2.48. The van der Waals surface area contributed by atoms with Crippen molar-refractivity contribution in [3.8, 4) is 0 Å². The van der Waals surface area contributed by atoms with E-state index in [1.54, 1.807) is 6.33 Å². The first-order valence-electron chi connectivity index (χ1n) is 11.5. The maximum atomic E-state index is 11.1. The van der Waals surface area contributed by atoms with E-state index in [1.807, 2.05) is 18.3 Å². The fourth-order valence-electron chi connectivity index (χ4n) is 5.87. The Morgan fingerprint density at radius 3 is 2.82 bits per heavy atom. The molecule has 3 aromatic rings. The number of aromatic nitrogens is 3. The molecule has 0 saturated heterocycles. The first kappa shape index (κ1) is 23.7. The van der Waals surface area contributed by atoms with E-state index in [4.69, 9.17) is 20.9 Å². The molecule has 10 heteroatoms. The summed E-state index contributed by atoms with van der Waals surface area (Å²) in [5.41, 5.74) is 4.51. The van der Waals surface area contributed by atoms with Crippen molar-refractivity contribution in [3.63, 3.8) is 0 Å². The predicted octanol–water partition coefficient (Wildman–Crippen LogP) is 3.62. The van der Waals surface area contributed by atoms with Gasteiger partial charge in [0, 0.05) is 28.6 Å². The molecule has 4 atom stereocenters. The molecule has 0 aliphatic heterocycles. The molecule has 3 N–H and O–H groups in total. The van der Waals surface area contributed by atoms with Crippen LogP contribution < -0.4 is 5.14 Å². The van der Waals surface area contributed by atoms with E-state index in [9.17, 15) is 13.5 Å². The molecule has 0 spiro atoms. The van der Waals surface area contributed by atoms with Crippen LogP contribution >= 0.6 is 11.6 Å². The summed E-state index contributed by atoms with van der Waals surface area (Å²) >= 11 is 6.28. The summed E-state index contributed by atoms with van der Waals surface area (Å²) in [6.07, 6.45) is 5.81. The second kappa shape index (κ2) is 8.57. The zero-order valence-corrected chi connectivity index (χ0v) is 20.8. The molecule has 0 unspecified atom stereocenters. The summed E-state index contributed by atoms with van der Waals surface area (Å²) in [7, 11) is -4.04. The number of aliphatic hydroxyl groups excluding tert-OH is 1. The van der Waals surface area contributed by atoms with Crippen LogP contribution in [0.5, 0.6) is 0 Å². The number of hydrogen-bond acceptors (Lipinski definition) is 6. The molecule has 0 radical (unpaired) electrons. The molecule has 182 valence electrons. The average molecular weight is 505 g/mol. The van der Waals surface area contributed by atoms with E-state index < -0.39 is 16.4 Å². The maximum absolute atomic E-state index is 11.1. The van der Waals surface area contributed by atoms with Crippen molar-refractivity contribution in [3.05, 3.63) is 58.6 Å². The smallest absolute Gasteiger partial charge is 0.333 e. The molecule has 1 fully saturated rings. The van der Waals surface area contributed by atoms with Crippen LogP contribution in [0, 0.1) is 5.92 Å². The monoisotopic (exact) mass is 504 g/mol. The molecule has 8 nitrogen and oxygen atoms in total. The average Bonchev–Trinajstić information content (AvgIpc) is 3.41. The molecule has 2 aliphatic rings. The van der Waals surface area contributed by atoms with Gasteiger partial charge in [-0.1, -0.05) is 31.5 Å². The van der Waals surface area contributed by atoms with E-state index in [-0.39, 0.29) is 24.0 Å². The molecular formula is C24H29ClN4O4S. The zero-order valence-electron chi connectivity index (χ0n) is 19.2. The standard InChI is InChI=1S/C24H29ClN4O4S/c1-24(2)11-14(18-4-3-16(25)9-20(18)24)8-21-19-5-6-29(23(19)28-13-27-21)17-7-15(22(30)10-17)12-33-34(26,31)32/h3-6,9,13-15,17,22,30H,7-8,10-12H2,1-2H3,(H2,26,31,32)/t14-,15-,17+,22-/m0/s1. The van der Waals surface area contributed by atoms with Crippen LogP contribution in [-0.2, 0) is 26.3 Å². The van der Waals surface area contributed by atoms with Crippen molar-refractivity contribution in [1.29, 1.82) is 0 Å². The lowest BCUT2D eigenvalue weighted by molar-refractivity contribution is 0.100. The highest BCUT2D eigenvalue weighted by atomic mass is 35.5. The van der Waals surface area contributed by atoms with Gasteiger partial charge >= 0.3 is 10.3 Å². The summed E-state index contributed by atoms with van der Waals surface area (Å²) in [6, 6.07) is 8.21. The number of hydrogen-bond donors (Lipinski definition) is 2. The molecule has 0 bridgehead atoms. The van der Waals surface area contributed by atoms with Gasteiger partial charge in [0.25, 0.3) is 0 Å². The van der Waals surface area contributed by atoms with Crippen LogP contribution in [0.1, 0.15) is 61.9 Å². The van der Waals surface area contributed by atoms with E-state index in [2.05, 4.69) is 40.5 Å². The van der Waals surface area contributed by atoms with Gasteiger partial charge in [-0.2, -0.15) is 8.42 Å². The predicted molar refractivity (Wildman–Crippen MR) is 130 cm³/mol. The zero-order chi connectivity index (χ0) is 24.3. The minimum absolute atomic E-state index is 0.0161. The molecular weight excluding hydrogens is 476 g/mol. The van der Waals surface area contributed by atoms with Gasteiger partial charge in [-0.3, -0.25) is 4.18 Å². The molecule has 2 heterocycles. The number of nitrogens with zero attached hydrogens (tertiary/aromatic N) is 3. The summed E-state index contributed by atoms with van der Waals surface area (Å²) in [6.45, 7) is 4.39. The van der Waals surface area contributed by atoms with Crippen LogP contribution in [0.15, 0.2) is 36.8 Å². The summed E-state index contributed by atoms with van der Waals surface area (Å²) in [4.78, 5) is 9.18. The van der Waals surface area contributed by atoms with Crippen LogP contribution in [0.25, 0.3) is 11.0 Å². The lowest BCUT2D eigenvalue weighted by atomic mass is 9.85. The SMILES string of the molecule is CC1(C)C[C@H](Cc2ncnc3c2ccn3[C@@H]2C[C@@H](COS(N)(=O)=O)[C@@H](O)C2)c2ccc(Cl)cc21. The maximum Gasteiger partial charge on any atom is 0.333 e. The van der Waals surface area contributed by atoms with E-state index in [0.717, 1.165) is 34.6 Å². The minimum atomic E-state index is -4.04. The Balaban J connectivity index is 1.39. The molecule has 0 amide bonds. The van der Waals surface area contributed by atoms with Crippen LogP contribution in [0.4, 0.5) is 0 Å². The Bertz CT molecular complexity index is 1340. The lowest BCUT2D eigenvalue weighted by Gasteiger charge is -2.19. The number of fused-ring (bicyclic) bond motifs is 2. The molecule has 1 aromatic carbocycles. The highest BCUT2D eigenvalue weighted by Gasteiger charge is 2.38. The number of halogens is 1. The number of aliphatic hydroxyl groups is 1. The fraction of sp³-hybridized carbons (Fsp3) is 0.500. The molecule has 2 aromatic heterocycles. The normalized spacial score (nSPS) is 26.3. The Morgan fingerprint density at radius 1 is 1.26 bits per heavy atom. The van der Waals surface area contributed by atoms with Crippen LogP contribution in [-0.4, -0.2) is 40.8 Å². The van der Waals surface area contributed by atoms with E-state index in [1.165, 1.54) is 11.1 Å². The van der Waals surface area contributed by atoms with Crippen molar-refractivity contribution in [2.75, 3.05) is 6.61 Å². The molecule has 5 rings (SSSR count). The van der Waals surface area contributed by atoms with Gasteiger partial charge in [-0.05, 0) is 66.3 Å². The molecule has 1 saturated carbocycles. The third kappa shape index (κ3) is 4.47.